The quantitative estimate of drug-likeness (QED) is 0.222. The number of hydrogen-bond donors (Lipinski definition) is 0. The van der Waals surface area contributed by atoms with Gasteiger partial charge in [-0.25, -0.2) is 0 Å². The fourth-order valence-corrected chi connectivity index (χ4v) is 7.50. The zero-order valence-electron chi connectivity index (χ0n) is 23.0. The highest BCUT2D eigenvalue weighted by Crippen LogP contribution is 2.55. The molecule has 0 unspecified atom stereocenters. The maximum absolute atomic E-state index is 2.57. The minimum absolute atomic E-state index is 0.0194. The Labute approximate surface area is 221 Å². The van der Waals surface area contributed by atoms with Crippen molar-refractivity contribution in [3.8, 4) is 16.8 Å². The van der Waals surface area contributed by atoms with Gasteiger partial charge >= 0.3 is 0 Å². The first-order valence-corrected chi connectivity index (χ1v) is 13.9. The number of hydrogen-bond acceptors (Lipinski definition) is 0. The zero-order chi connectivity index (χ0) is 25.7. The van der Waals surface area contributed by atoms with Gasteiger partial charge in [-0.1, -0.05) is 120 Å². The lowest BCUT2D eigenvalue weighted by Gasteiger charge is -2.35. The van der Waals surface area contributed by atoms with E-state index in [0.717, 1.165) is 0 Å². The molecule has 1 aromatic heterocycles. The van der Waals surface area contributed by atoms with Crippen LogP contribution in [0.15, 0.2) is 84.9 Å². The molecule has 0 N–H and O–H groups in total. The summed E-state index contributed by atoms with van der Waals surface area (Å²) in [4.78, 5) is 0. The number of para-hydroxylation sites is 2. The molecule has 0 spiro atoms. The second-order valence-electron chi connectivity index (χ2n) is 13.4. The molecule has 5 aromatic rings. The van der Waals surface area contributed by atoms with Gasteiger partial charge in [-0.2, -0.15) is 0 Å². The van der Waals surface area contributed by atoms with E-state index in [-0.39, 0.29) is 5.41 Å². The van der Waals surface area contributed by atoms with E-state index in [1.165, 1.54) is 67.9 Å². The Balaban J connectivity index is 1.48. The van der Waals surface area contributed by atoms with Crippen LogP contribution in [0.25, 0.3) is 38.6 Å². The molecule has 2 aliphatic rings. The minimum atomic E-state index is -0.0194. The molecular weight excluding hydrogens is 445 g/mol. The van der Waals surface area contributed by atoms with Crippen molar-refractivity contribution in [2.24, 2.45) is 10.8 Å². The molecule has 1 saturated heterocycles. The summed E-state index contributed by atoms with van der Waals surface area (Å²) in [6, 6.07) is 31.9. The van der Waals surface area contributed by atoms with Crippen LogP contribution in [0.5, 0.6) is 0 Å². The molecule has 1 nitrogen and oxygen atoms in total. The third-order valence-electron chi connectivity index (χ3n) is 10.3. The number of aromatic nitrogens is 1. The third-order valence-corrected chi connectivity index (χ3v) is 10.3. The van der Waals surface area contributed by atoms with Crippen molar-refractivity contribution in [3.63, 3.8) is 0 Å². The molecule has 1 aliphatic heterocycles. The van der Waals surface area contributed by atoms with Crippen LogP contribution in [0.1, 0.15) is 52.7 Å². The molecule has 1 aliphatic carbocycles. The Kier molecular flexibility index (Phi) is 4.59. The van der Waals surface area contributed by atoms with Crippen LogP contribution in [-0.2, 0) is 5.41 Å². The van der Waals surface area contributed by atoms with Gasteiger partial charge in [0.2, 0.25) is 0 Å². The van der Waals surface area contributed by atoms with Crippen molar-refractivity contribution in [2.45, 2.75) is 59.6 Å². The van der Waals surface area contributed by atoms with Gasteiger partial charge in [0.25, 0.3) is 0 Å². The second-order valence-corrected chi connectivity index (χ2v) is 13.4. The van der Waals surface area contributed by atoms with Gasteiger partial charge in [0, 0.05) is 21.9 Å². The van der Waals surface area contributed by atoms with Gasteiger partial charge in [-0.3, -0.25) is 0 Å². The lowest BCUT2D eigenvalue weighted by atomic mass is 9.42. The molecule has 1 fully saturated rings. The summed E-state index contributed by atoms with van der Waals surface area (Å²) < 4.78 is 2.44. The lowest BCUT2D eigenvalue weighted by Crippen LogP contribution is -2.29. The summed E-state index contributed by atoms with van der Waals surface area (Å²) in [6.07, 6.45) is 2.53. The molecule has 4 aromatic carbocycles. The fourth-order valence-electron chi connectivity index (χ4n) is 7.50. The Bertz CT molecular complexity index is 1680. The molecular formula is C35H36BN. The van der Waals surface area contributed by atoms with Gasteiger partial charge in [-0.15, -0.1) is 0 Å². The Morgan fingerprint density at radius 2 is 1.32 bits per heavy atom. The molecule has 2 heterocycles. The second kappa shape index (κ2) is 7.41. The molecule has 0 radical (unpaired) electrons. The number of rotatable bonds is 2. The first-order chi connectivity index (χ1) is 17.6. The molecule has 2 heteroatoms. The Morgan fingerprint density at radius 3 is 2.05 bits per heavy atom. The normalized spacial score (nSPS) is 18.9. The predicted octanol–water partition coefficient (Wildman–Crippen LogP) is 8.86. The summed E-state index contributed by atoms with van der Waals surface area (Å²) in [7, 11) is 0. The van der Waals surface area contributed by atoms with Crippen LogP contribution in [-0.4, -0.2) is 11.3 Å². The molecule has 0 atom stereocenters. The van der Waals surface area contributed by atoms with Crippen LogP contribution in [0.3, 0.4) is 0 Å². The minimum Gasteiger partial charge on any atom is -0.309 e. The summed E-state index contributed by atoms with van der Waals surface area (Å²) in [5.74, 6) is 0. The van der Waals surface area contributed by atoms with Crippen molar-refractivity contribution in [1.82, 2.24) is 4.57 Å². The van der Waals surface area contributed by atoms with Crippen LogP contribution in [0, 0.1) is 10.8 Å². The number of benzene rings is 4. The van der Waals surface area contributed by atoms with Gasteiger partial charge in [-0.05, 0) is 57.3 Å². The first-order valence-electron chi connectivity index (χ1n) is 13.9. The van der Waals surface area contributed by atoms with E-state index in [1.807, 2.05) is 0 Å². The van der Waals surface area contributed by atoms with E-state index in [9.17, 15) is 0 Å². The lowest BCUT2D eigenvalue weighted by molar-refractivity contribution is 0.177. The molecule has 0 saturated carbocycles. The van der Waals surface area contributed by atoms with Gasteiger partial charge in [0.15, 0.2) is 6.71 Å². The Morgan fingerprint density at radius 1 is 0.649 bits per heavy atom. The summed E-state index contributed by atoms with van der Waals surface area (Å²) in [5.41, 5.74) is 11.8. The molecule has 0 amide bonds. The van der Waals surface area contributed by atoms with Crippen LogP contribution < -0.4 is 5.46 Å². The van der Waals surface area contributed by atoms with Gasteiger partial charge < -0.3 is 4.57 Å². The standard InChI is InChI=1S/C35H36BN/c1-33(2)21-36(22-34(33,3)4)23-16-17-25-28(20-23)35(5,6)27-18-19-30-32(31(25)27)26-14-10-11-15-29(26)37(30)24-12-8-7-9-13-24/h7-20H,21-22H2,1-6H3. The number of fused-ring (bicyclic) bond motifs is 7. The predicted molar refractivity (Wildman–Crippen MR) is 161 cm³/mol. The van der Waals surface area contributed by atoms with E-state index < -0.39 is 0 Å². The van der Waals surface area contributed by atoms with E-state index in [1.54, 1.807) is 0 Å². The molecule has 7 rings (SSSR count). The summed E-state index contributed by atoms with van der Waals surface area (Å²) in [5, 5.41) is 2.73. The maximum atomic E-state index is 2.57. The van der Waals surface area contributed by atoms with Crippen molar-refractivity contribution >= 4 is 34.0 Å². The van der Waals surface area contributed by atoms with E-state index in [0.29, 0.717) is 17.5 Å². The number of nitrogens with zero attached hydrogens (tertiary/aromatic N) is 1. The summed E-state index contributed by atoms with van der Waals surface area (Å²) >= 11 is 0. The largest absolute Gasteiger partial charge is 0.309 e. The fraction of sp³-hybridized carbons (Fsp3) is 0.314. The van der Waals surface area contributed by atoms with E-state index in [4.69, 9.17) is 0 Å². The van der Waals surface area contributed by atoms with Crippen molar-refractivity contribution in [3.05, 3.63) is 96.1 Å². The topological polar surface area (TPSA) is 4.93 Å². The highest BCUT2D eigenvalue weighted by atomic mass is 15.0. The highest BCUT2D eigenvalue weighted by Gasteiger charge is 2.48. The maximum Gasteiger partial charge on any atom is 0.176 e. The van der Waals surface area contributed by atoms with Gasteiger partial charge in [0.05, 0.1) is 11.0 Å². The third kappa shape index (κ3) is 3.05. The first kappa shape index (κ1) is 22.9. The molecule has 0 bridgehead atoms. The van der Waals surface area contributed by atoms with E-state index in [2.05, 4.69) is 131 Å². The van der Waals surface area contributed by atoms with Crippen LogP contribution in [0.4, 0.5) is 0 Å². The smallest absolute Gasteiger partial charge is 0.176 e. The molecule has 37 heavy (non-hydrogen) atoms. The van der Waals surface area contributed by atoms with Crippen molar-refractivity contribution < 1.29 is 0 Å². The average molecular weight is 481 g/mol. The van der Waals surface area contributed by atoms with E-state index >= 15 is 0 Å². The van der Waals surface area contributed by atoms with Gasteiger partial charge in [0.1, 0.15) is 0 Å². The monoisotopic (exact) mass is 481 g/mol. The van der Waals surface area contributed by atoms with Crippen molar-refractivity contribution in [1.29, 1.82) is 0 Å². The van der Waals surface area contributed by atoms with Crippen LogP contribution in [0.2, 0.25) is 12.6 Å². The van der Waals surface area contributed by atoms with Crippen molar-refractivity contribution in [2.75, 3.05) is 0 Å². The summed E-state index contributed by atoms with van der Waals surface area (Å²) in [6.45, 7) is 15.3. The Hall–Kier alpha value is -3.26. The average Bonchev–Trinajstić information content (AvgIpc) is 3.41. The molecule has 184 valence electrons. The van der Waals surface area contributed by atoms with Crippen LogP contribution >= 0.6 is 0 Å². The SMILES string of the molecule is CC1(C)c2cc(B3CC(C)(C)C(C)(C)C3)ccc2-c2c1ccc1c2c2ccccc2n1-c1ccccc1. The highest BCUT2D eigenvalue weighted by molar-refractivity contribution is 6.74. The zero-order valence-corrected chi connectivity index (χ0v) is 23.0.